The van der Waals surface area contributed by atoms with Crippen LogP contribution in [-0.4, -0.2) is 41.9 Å². The maximum absolute atomic E-state index is 12.3. The molecule has 0 saturated heterocycles. The molecule has 0 bridgehead atoms. The smallest absolute Gasteiger partial charge is 0.390 e. The molecule has 3 unspecified atom stereocenters. The molecular formula is C14H26F3NO. The van der Waals surface area contributed by atoms with Crippen LogP contribution in [0.3, 0.4) is 0 Å². The van der Waals surface area contributed by atoms with Crippen molar-refractivity contribution in [2.75, 3.05) is 13.6 Å². The number of aliphatic hydroxyl groups is 1. The lowest BCUT2D eigenvalue weighted by molar-refractivity contribution is -0.140. The molecule has 1 N–H and O–H groups in total. The summed E-state index contributed by atoms with van der Waals surface area (Å²) in [6, 6.07) is -0.152. The Morgan fingerprint density at radius 1 is 1.16 bits per heavy atom. The number of likely N-dealkylation sites (N-methyl/N-ethyl adjacent to an activating group) is 1. The van der Waals surface area contributed by atoms with Gasteiger partial charge in [0.2, 0.25) is 0 Å². The van der Waals surface area contributed by atoms with Crippen molar-refractivity contribution in [1.29, 1.82) is 0 Å². The molecule has 1 aliphatic rings. The Kier molecular flexibility index (Phi) is 5.29. The van der Waals surface area contributed by atoms with Crippen molar-refractivity contribution in [3.05, 3.63) is 0 Å². The molecule has 1 saturated carbocycles. The first-order valence-electron chi connectivity index (χ1n) is 6.96. The molecule has 0 aromatic rings. The van der Waals surface area contributed by atoms with Gasteiger partial charge in [0, 0.05) is 12.6 Å². The van der Waals surface area contributed by atoms with Crippen LogP contribution in [0.15, 0.2) is 0 Å². The second-order valence-electron chi connectivity index (χ2n) is 6.86. The van der Waals surface area contributed by atoms with E-state index in [-0.39, 0.29) is 18.0 Å². The molecule has 0 radical (unpaired) electrons. The average Bonchev–Trinajstić information content (AvgIpc) is 2.24. The van der Waals surface area contributed by atoms with Crippen LogP contribution in [0.5, 0.6) is 0 Å². The Labute approximate surface area is 114 Å². The van der Waals surface area contributed by atoms with Gasteiger partial charge in [-0.25, -0.2) is 0 Å². The van der Waals surface area contributed by atoms with Crippen LogP contribution in [0.25, 0.3) is 0 Å². The highest BCUT2D eigenvalue weighted by atomic mass is 19.4. The van der Waals surface area contributed by atoms with Crippen LogP contribution in [-0.2, 0) is 0 Å². The first-order chi connectivity index (χ1) is 8.50. The molecule has 1 fully saturated rings. The van der Waals surface area contributed by atoms with E-state index in [9.17, 15) is 18.3 Å². The maximum atomic E-state index is 12.3. The third-order valence-electron chi connectivity index (χ3n) is 4.32. The molecule has 0 spiro atoms. The monoisotopic (exact) mass is 281 g/mol. The van der Waals surface area contributed by atoms with Gasteiger partial charge in [0.15, 0.2) is 0 Å². The molecule has 1 rings (SSSR count). The van der Waals surface area contributed by atoms with Crippen molar-refractivity contribution in [3.63, 3.8) is 0 Å². The van der Waals surface area contributed by atoms with Crippen molar-refractivity contribution >= 4 is 0 Å². The molecule has 2 nitrogen and oxygen atoms in total. The van der Waals surface area contributed by atoms with Gasteiger partial charge in [-0.2, -0.15) is 13.2 Å². The Hall–Kier alpha value is -0.290. The first kappa shape index (κ1) is 16.8. The van der Waals surface area contributed by atoms with Crippen LogP contribution in [0, 0.1) is 11.3 Å². The van der Waals surface area contributed by atoms with Crippen molar-refractivity contribution in [2.24, 2.45) is 11.3 Å². The molecule has 0 aromatic heterocycles. The van der Waals surface area contributed by atoms with Gasteiger partial charge < -0.3 is 10.0 Å². The number of aliphatic hydroxyl groups excluding tert-OH is 1. The second-order valence-corrected chi connectivity index (χ2v) is 6.86. The largest absolute Gasteiger partial charge is 0.391 e. The van der Waals surface area contributed by atoms with Crippen LogP contribution in [0.2, 0.25) is 0 Å². The van der Waals surface area contributed by atoms with Gasteiger partial charge in [0.25, 0.3) is 0 Å². The van der Waals surface area contributed by atoms with Gasteiger partial charge in [0.1, 0.15) is 0 Å². The minimum atomic E-state index is -4.13. The summed E-state index contributed by atoms with van der Waals surface area (Å²) < 4.78 is 36.8. The Morgan fingerprint density at radius 2 is 1.74 bits per heavy atom. The van der Waals surface area contributed by atoms with E-state index in [2.05, 4.69) is 20.8 Å². The summed E-state index contributed by atoms with van der Waals surface area (Å²) in [5.74, 6) is 0.453. The molecule has 0 aliphatic heterocycles. The van der Waals surface area contributed by atoms with E-state index in [1.807, 2.05) is 0 Å². The number of halogens is 3. The van der Waals surface area contributed by atoms with Crippen LogP contribution in [0.1, 0.15) is 46.5 Å². The maximum Gasteiger partial charge on any atom is 0.390 e. The predicted molar refractivity (Wildman–Crippen MR) is 69.9 cm³/mol. The second kappa shape index (κ2) is 6.00. The number of alkyl halides is 3. The van der Waals surface area contributed by atoms with E-state index in [0.29, 0.717) is 12.3 Å². The van der Waals surface area contributed by atoms with E-state index in [4.69, 9.17) is 0 Å². The van der Waals surface area contributed by atoms with Gasteiger partial charge in [0.05, 0.1) is 12.5 Å². The van der Waals surface area contributed by atoms with Crippen molar-refractivity contribution in [2.45, 2.75) is 64.8 Å². The molecule has 114 valence electrons. The van der Waals surface area contributed by atoms with Gasteiger partial charge in [-0.05, 0) is 37.6 Å². The van der Waals surface area contributed by atoms with Crippen LogP contribution in [0.4, 0.5) is 13.2 Å². The highest BCUT2D eigenvalue weighted by Crippen LogP contribution is 2.39. The SMILES string of the molecule is CN(CCC(F)(F)F)C1CC(C(C)(C)C)CCC1O. The van der Waals surface area contributed by atoms with E-state index in [1.165, 1.54) is 0 Å². The first-order valence-corrected chi connectivity index (χ1v) is 6.96. The summed E-state index contributed by atoms with van der Waals surface area (Å²) in [5, 5.41) is 10.0. The normalized spacial score (nSPS) is 29.8. The zero-order valence-corrected chi connectivity index (χ0v) is 12.3. The molecule has 0 amide bonds. The highest BCUT2D eigenvalue weighted by Gasteiger charge is 2.37. The van der Waals surface area contributed by atoms with E-state index >= 15 is 0 Å². The quantitative estimate of drug-likeness (QED) is 0.856. The lowest BCUT2D eigenvalue weighted by Gasteiger charge is -2.43. The standard InChI is InChI=1S/C14H26F3NO/c1-13(2,3)10-5-6-12(19)11(9-10)18(4)8-7-14(15,16)17/h10-12,19H,5-9H2,1-4H3. The van der Waals surface area contributed by atoms with Crippen molar-refractivity contribution < 1.29 is 18.3 Å². The van der Waals surface area contributed by atoms with Gasteiger partial charge >= 0.3 is 6.18 Å². The molecule has 0 heterocycles. The third-order valence-corrected chi connectivity index (χ3v) is 4.32. The van der Waals surface area contributed by atoms with Crippen molar-refractivity contribution in [1.82, 2.24) is 4.90 Å². The summed E-state index contributed by atoms with van der Waals surface area (Å²) in [5.41, 5.74) is 0.142. The van der Waals surface area contributed by atoms with E-state index < -0.39 is 18.7 Å². The molecular weight excluding hydrogens is 255 g/mol. The van der Waals surface area contributed by atoms with Gasteiger partial charge in [-0.3, -0.25) is 0 Å². The molecule has 19 heavy (non-hydrogen) atoms. The van der Waals surface area contributed by atoms with E-state index in [1.54, 1.807) is 11.9 Å². The summed E-state index contributed by atoms with van der Waals surface area (Å²) in [7, 11) is 1.69. The summed E-state index contributed by atoms with van der Waals surface area (Å²) in [6.45, 7) is 6.43. The fourth-order valence-corrected chi connectivity index (χ4v) is 2.86. The van der Waals surface area contributed by atoms with Crippen molar-refractivity contribution in [3.8, 4) is 0 Å². The molecule has 0 aromatic carbocycles. The number of hydrogen-bond acceptors (Lipinski definition) is 2. The Morgan fingerprint density at radius 3 is 2.21 bits per heavy atom. The fraction of sp³-hybridized carbons (Fsp3) is 1.00. The molecule has 3 atom stereocenters. The Bertz CT molecular complexity index is 285. The highest BCUT2D eigenvalue weighted by molar-refractivity contribution is 4.90. The van der Waals surface area contributed by atoms with Crippen LogP contribution < -0.4 is 0 Å². The molecule has 1 aliphatic carbocycles. The Balaban J connectivity index is 2.58. The predicted octanol–water partition coefficient (Wildman–Crippen LogP) is 3.45. The van der Waals surface area contributed by atoms with Crippen LogP contribution >= 0.6 is 0 Å². The number of rotatable bonds is 3. The topological polar surface area (TPSA) is 23.5 Å². The van der Waals surface area contributed by atoms with E-state index in [0.717, 1.165) is 12.8 Å². The number of hydrogen-bond donors (Lipinski definition) is 1. The molecule has 5 heteroatoms. The fourth-order valence-electron chi connectivity index (χ4n) is 2.86. The number of nitrogens with zero attached hydrogens (tertiary/aromatic N) is 1. The van der Waals surface area contributed by atoms with Gasteiger partial charge in [-0.1, -0.05) is 20.8 Å². The minimum absolute atomic E-state index is 0.0396. The van der Waals surface area contributed by atoms with Gasteiger partial charge in [-0.15, -0.1) is 0 Å². The lowest BCUT2D eigenvalue weighted by atomic mass is 9.70. The average molecular weight is 281 g/mol. The summed E-state index contributed by atoms with van der Waals surface area (Å²) >= 11 is 0. The lowest BCUT2D eigenvalue weighted by Crippen LogP contribution is -2.48. The third kappa shape index (κ3) is 5.30. The zero-order valence-electron chi connectivity index (χ0n) is 12.3. The minimum Gasteiger partial charge on any atom is -0.391 e. The zero-order chi connectivity index (χ0) is 14.8. The summed E-state index contributed by atoms with van der Waals surface area (Å²) in [6.07, 6.45) is -3.03. The summed E-state index contributed by atoms with van der Waals surface area (Å²) in [4.78, 5) is 1.68.